The molecule has 0 fully saturated rings. The average Bonchev–Trinajstić information content (AvgIpc) is 3.10. The Kier molecular flexibility index (Phi) is 12.6. The molecular formula is C38H27BrClN5Ru. The monoisotopic (exact) mass is 769 g/mol. The van der Waals surface area contributed by atoms with E-state index in [0.717, 1.165) is 60.9 Å². The Labute approximate surface area is 296 Å². The molecule has 0 aliphatic heterocycles. The van der Waals surface area contributed by atoms with Crippen molar-refractivity contribution in [3.8, 4) is 56.4 Å². The first-order chi connectivity index (χ1) is 21.6. The molecule has 0 saturated heterocycles. The van der Waals surface area contributed by atoms with E-state index in [2.05, 4.69) is 103 Å². The van der Waals surface area contributed by atoms with Crippen molar-refractivity contribution in [2.45, 2.75) is 6.92 Å². The fourth-order valence-corrected chi connectivity index (χ4v) is 5.14. The Balaban J connectivity index is 0.000000207. The fourth-order valence-electron chi connectivity index (χ4n) is 4.64. The van der Waals surface area contributed by atoms with Gasteiger partial charge in [-0.2, -0.15) is 6.07 Å². The molecule has 0 unspecified atom stereocenters. The molecule has 226 valence electrons. The Hall–Kier alpha value is -4.42. The molecule has 0 amide bonds. The van der Waals surface area contributed by atoms with Gasteiger partial charge in [-0.25, -0.2) is 17.1 Å². The van der Waals surface area contributed by atoms with Crippen molar-refractivity contribution in [2.75, 3.05) is 0 Å². The van der Waals surface area contributed by atoms with Crippen LogP contribution in [0.2, 0.25) is 0 Å². The van der Waals surface area contributed by atoms with E-state index in [0.29, 0.717) is 0 Å². The van der Waals surface area contributed by atoms with Crippen molar-refractivity contribution < 1.29 is 31.9 Å². The number of hydrogen-bond donors (Lipinski definition) is 0. The van der Waals surface area contributed by atoms with Crippen LogP contribution in [0.1, 0.15) is 5.56 Å². The van der Waals surface area contributed by atoms with Crippen LogP contribution in [-0.4, -0.2) is 24.9 Å². The number of benzene rings is 2. The number of aromatic nitrogens is 5. The van der Waals surface area contributed by atoms with E-state index in [1.54, 1.807) is 24.8 Å². The fraction of sp³-hybridized carbons (Fsp3) is 0.0263. The molecule has 0 N–H and O–H groups in total. The summed E-state index contributed by atoms with van der Waals surface area (Å²) in [6.07, 6.45) is 7.05. The maximum Gasteiger partial charge on any atom is 2.00 e. The molecule has 46 heavy (non-hydrogen) atoms. The Morgan fingerprint density at radius 2 is 1.02 bits per heavy atom. The van der Waals surface area contributed by atoms with Gasteiger partial charge in [-0.3, -0.25) is 19.9 Å². The topological polar surface area (TPSA) is 64.5 Å². The Bertz CT molecular complexity index is 1850. The van der Waals surface area contributed by atoms with Crippen LogP contribution < -0.4 is 12.4 Å². The normalized spacial score (nSPS) is 10.0. The summed E-state index contributed by atoms with van der Waals surface area (Å²) >= 11 is 3.54. The molecule has 5 heterocycles. The zero-order chi connectivity index (χ0) is 30.1. The van der Waals surface area contributed by atoms with Crippen LogP contribution in [0.4, 0.5) is 0 Å². The van der Waals surface area contributed by atoms with Crippen molar-refractivity contribution in [1.29, 1.82) is 0 Å². The summed E-state index contributed by atoms with van der Waals surface area (Å²) in [7, 11) is 0. The standard InChI is InChI=1S/C22H17N3.C16H10BrN2.ClH.Ru/c1-16-8-10-17(11-9-16)18-14-21(19-6-2-4-12-23-19)25-22(15-18)20-7-3-5-13-24-20;17-14-10-12(15-5-1-3-7-18-15)9-13(11-14)16-6-2-4-8-19-16;;/h2-15H,1H3;1-3,5-11H;1H;/q;-1;;+2/p-1. The summed E-state index contributed by atoms with van der Waals surface area (Å²) in [5.74, 6) is 0. The van der Waals surface area contributed by atoms with Crippen LogP contribution in [0.3, 0.4) is 0 Å². The summed E-state index contributed by atoms with van der Waals surface area (Å²) < 4.78 is 1.01. The molecule has 0 spiro atoms. The smallest absolute Gasteiger partial charge is 1.00 e. The SMILES string of the molecule is Brc1cc(-c2cc[c-]cn2)cc(-c2ccccn2)c1.Cc1ccc(-c2cc(-c3ccccn3)nc(-c3ccccn3)c2)cc1.[Cl-].[Ru+2]. The first-order valence-electron chi connectivity index (χ1n) is 14.1. The third-order valence-electron chi connectivity index (χ3n) is 6.83. The van der Waals surface area contributed by atoms with Crippen LogP contribution >= 0.6 is 15.9 Å². The predicted molar refractivity (Wildman–Crippen MR) is 180 cm³/mol. The van der Waals surface area contributed by atoms with Crippen LogP contribution in [0.5, 0.6) is 0 Å². The summed E-state index contributed by atoms with van der Waals surface area (Å²) in [4.78, 5) is 22.4. The van der Waals surface area contributed by atoms with Gasteiger partial charge in [-0.1, -0.05) is 70.2 Å². The molecule has 0 atom stereocenters. The van der Waals surface area contributed by atoms with E-state index < -0.39 is 0 Å². The van der Waals surface area contributed by atoms with Gasteiger partial charge in [-0.15, -0.1) is 0 Å². The minimum absolute atomic E-state index is 0. The van der Waals surface area contributed by atoms with Gasteiger partial charge in [0.05, 0.1) is 28.5 Å². The molecule has 2 aromatic carbocycles. The predicted octanol–water partition coefficient (Wildman–Crippen LogP) is 6.56. The second kappa shape index (κ2) is 16.8. The van der Waals surface area contributed by atoms with E-state index in [4.69, 9.17) is 4.98 Å². The van der Waals surface area contributed by atoms with Gasteiger partial charge in [0, 0.05) is 28.6 Å². The van der Waals surface area contributed by atoms with E-state index in [1.807, 2.05) is 66.7 Å². The second-order valence-corrected chi connectivity index (χ2v) is 10.9. The summed E-state index contributed by atoms with van der Waals surface area (Å²) in [6, 6.07) is 43.2. The number of pyridine rings is 5. The minimum atomic E-state index is 0. The van der Waals surface area contributed by atoms with Gasteiger partial charge >= 0.3 is 19.5 Å². The maximum absolute atomic E-state index is 4.79. The maximum atomic E-state index is 4.79. The number of halogens is 2. The van der Waals surface area contributed by atoms with E-state index in [1.165, 1.54) is 5.56 Å². The van der Waals surface area contributed by atoms with Gasteiger partial charge in [0.15, 0.2) is 0 Å². The van der Waals surface area contributed by atoms with Gasteiger partial charge in [-0.05, 0) is 96.0 Å². The molecule has 7 rings (SSSR count). The molecule has 0 radical (unpaired) electrons. The number of aryl methyl sites for hydroxylation is 1. The molecule has 0 aliphatic carbocycles. The zero-order valence-electron chi connectivity index (χ0n) is 24.7. The molecule has 5 aromatic heterocycles. The number of rotatable bonds is 5. The molecule has 0 saturated carbocycles. The summed E-state index contributed by atoms with van der Waals surface area (Å²) in [6.45, 7) is 2.09. The van der Waals surface area contributed by atoms with Crippen LogP contribution in [-0.2, 0) is 19.5 Å². The van der Waals surface area contributed by atoms with Gasteiger partial charge in [0.1, 0.15) is 0 Å². The first kappa shape index (κ1) is 34.5. The molecule has 0 bridgehead atoms. The second-order valence-electron chi connectivity index (χ2n) is 10.0. The largest absolute Gasteiger partial charge is 2.00 e. The van der Waals surface area contributed by atoms with E-state index in [9.17, 15) is 0 Å². The molecule has 8 heteroatoms. The number of hydrogen-bond acceptors (Lipinski definition) is 5. The first-order valence-corrected chi connectivity index (χ1v) is 14.9. The molecule has 5 nitrogen and oxygen atoms in total. The Morgan fingerprint density at radius 1 is 0.500 bits per heavy atom. The van der Waals surface area contributed by atoms with Crippen molar-refractivity contribution in [2.24, 2.45) is 0 Å². The van der Waals surface area contributed by atoms with Gasteiger partial charge in [0.25, 0.3) is 0 Å². The van der Waals surface area contributed by atoms with Gasteiger partial charge < -0.3 is 12.4 Å². The van der Waals surface area contributed by atoms with Crippen LogP contribution in [0.15, 0.2) is 151 Å². The third kappa shape index (κ3) is 8.85. The zero-order valence-corrected chi connectivity index (χ0v) is 28.8. The van der Waals surface area contributed by atoms with Crippen molar-refractivity contribution in [1.82, 2.24) is 24.9 Å². The summed E-state index contributed by atoms with van der Waals surface area (Å²) in [5.41, 5.74) is 10.9. The van der Waals surface area contributed by atoms with Crippen molar-refractivity contribution in [3.05, 3.63) is 162 Å². The molecule has 7 aromatic rings. The average molecular weight is 770 g/mol. The molecular weight excluding hydrogens is 743 g/mol. The van der Waals surface area contributed by atoms with E-state index >= 15 is 0 Å². The molecule has 0 aliphatic rings. The minimum Gasteiger partial charge on any atom is -1.00 e. The Morgan fingerprint density at radius 3 is 1.50 bits per heavy atom. The van der Waals surface area contributed by atoms with Crippen molar-refractivity contribution >= 4 is 15.9 Å². The van der Waals surface area contributed by atoms with Crippen LogP contribution in [0, 0.1) is 13.0 Å². The van der Waals surface area contributed by atoms with Crippen molar-refractivity contribution in [3.63, 3.8) is 0 Å². The quantitative estimate of drug-likeness (QED) is 0.147. The summed E-state index contributed by atoms with van der Waals surface area (Å²) in [5, 5.41) is 0. The van der Waals surface area contributed by atoms with Crippen LogP contribution in [0.25, 0.3) is 56.4 Å². The van der Waals surface area contributed by atoms with E-state index in [-0.39, 0.29) is 31.9 Å². The van der Waals surface area contributed by atoms with Gasteiger partial charge in [0.2, 0.25) is 0 Å². The third-order valence-corrected chi connectivity index (χ3v) is 7.29. The number of nitrogens with zero attached hydrogens (tertiary/aromatic N) is 5.